The summed E-state index contributed by atoms with van der Waals surface area (Å²) >= 11 is 0. The lowest BCUT2D eigenvalue weighted by Crippen LogP contribution is -2.60. The second-order valence-corrected chi connectivity index (χ2v) is 9.24. The molecule has 25 heavy (non-hydrogen) atoms. The van der Waals surface area contributed by atoms with Crippen LogP contribution in [0.15, 0.2) is 29.2 Å². The molecule has 2 fully saturated rings. The molecule has 0 spiro atoms. The molecule has 1 aromatic rings. The first-order valence-corrected chi connectivity index (χ1v) is 10.3. The van der Waals surface area contributed by atoms with Gasteiger partial charge in [-0.15, -0.1) is 0 Å². The van der Waals surface area contributed by atoms with E-state index in [-0.39, 0.29) is 10.8 Å². The van der Waals surface area contributed by atoms with E-state index in [0.717, 1.165) is 18.4 Å². The van der Waals surface area contributed by atoms with Crippen LogP contribution in [-0.4, -0.2) is 37.6 Å². The van der Waals surface area contributed by atoms with Gasteiger partial charge in [-0.3, -0.25) is 9.59 Å². The van der Waals surface area contributed by atoms with Crippen LogP contribution in [0.5, 0.6) is 0 Å². The van der Waals surface area contributed by atoms with Gasteiger partial charge in [0.2, 0.25) is 11.8 Å². The molecule has 1 unspecified atom stereocenters. The first kappa shape index (κ1) is 17.9. The van der Waals surface area contributed by atoms with Crippen LogP contribution in [0.1, 0.15) is 44.1 Å². The maximum Gasteiger partial charge on any atom is 0.242 e. The Morgan fingerprint density at radius 2 is 1.84 bits per heavy atom. The Morgan fingerprint density at radius 3 is 2.44 bits per heavy atom. The van der Waals surface area contributed by atoms with Crippen molar-refractivity contribution in [2.24, 2.45) is 0 Å². The fourth-order valence-electron chi connectivity index (χ4n) is 3.43. The Kier molecular flexibility index (Phi) is 4.86. The Labute approximate surface area is 148 Å². The minimum Gasteiger partial charge on any atom is -0.354 e. The molecule has 0 bridgehead atoms. The van der Waals surface area contributed by atoms with E-state index in [4.69, 9.17) is 0 Å². The molecule has 1 aromatic carbocycles. The van der Waals surface area contributed by atoms with Gasteiger partial charge in [-0.1, -0.05) is 17.7 Å². The van der Waals surface area contributed by atoms with Gasteiger partial charge >= 0.3 is 0 Å². The molecule has 0 radical (unpaired) electrons. The van der Waals surface area contributed by atoms with Crippen molar-refractivity contribution in [1.82, 2.24) is 10.6 Å². The van der Waals surface area contributed by atoms with Crippen molar-refractivity contribution in [1.29, 1.82) is 0 Å². The minimum absolute atomic E-state index is 0.165. The molecule has 1 aliphatic carbocycles. The molecule has 2 aliphatic rings. The number of carbonyl (C=O) groups is 2. The fraction of sp³-hybridized carbons (Fsp3) is 0.556. The van der Waals surface area contributed by atoms with Gasteiger partial charge in [-0.2, -0.15) is 0 Å². The van der Waals surface area contributed by atoms with Crippen LogP contribution in [0.4, 0.5) is 0 Å². The topological polar surface area (TPSA) is 92.3 Å². The van der Waals surface area contributed by atoms with Crippen molar-refractivity contribution < 1.29 is 18.0 Å². The van der Waals surface area contributed by atoms with E-state index in [1.807, 2.05) is 6.92 Å². The predicted octanol–water partition coefficient (Wildman–Crippen LogP) is 1.48. The number of benzene rings is 1. The van der Waals surface area contributed by atoms with Crippen LogP contribution in [0, 0.1) is 6.92 Å². The molecule has 2 N–H and O–H groups in total. The average Bonchev–Trinajstić information content (AvgIpc) is 2.71. The van der Waals surface area contributed by atoms with Gasteiger partial charge in [0.05, 0.1) is 4.90 Å². The van der Waals surface area contributed by atoms with Crippen molar-refractivity contribution >= 4 is 21.7 Å². The second-order valence-electron chi connectivity index (χ2n) is 6.98. The van der Waals surface area contributed by atoms with Crippen molar-refractivity contribution in [3.63, 3.8) is 0 Å². The Bertz CT molecular complexity index is 767. The van der Waals surface area contributed by atoms with Crippen LogP contribution < -0.4 is 10.6 Å². The first-order chi connectivity index (χ1) is 11.9. The molecule has 1 saturated heterocycles. The molecule has 1 saturated carbocycles. The Hall–Kier alpha value is -1.89. The highest BCUT2D eigenvalue weighted by molar-refractivity contribution is 7.93. The van der Waals surface area contributed by atoms with E-state index < -0.39 is 26.5 Å². The van der Waals surface area contributed by atoms with Crippen LogP contribution in [0.2, 0.25) is 0 Å². The SMILES string of the molecule is Cc1ccc(S(=O)(=O)C2(C(=O)NC3CCCCNC3=O)CCC2)cc1. The lowest BCUT2D eigenvalue weighted by molar-refractivity contribution is -0.131. The number of sulfone groups is 1. The molecular weight excluding hydrogens is 340 g/mol. The standard InChI is InChI=1S/C18H24N2O4S/c1-13-6-8-14(9-7-13)25(23,24)18(10-4-11-18)17(22)20-15-5-2-3-12-19-16(15)21/h6-9,15H,2-5,10-12H2,1H3,(H,19,21)(H,20,22). The third-order valence-corrected chi connectivity index (χ3v) is 7.78. The van der Waals surface area contributed by atoms with Crippen molar-refractivity contribution in [3.05, 3.63) is 29.8 Å². The lowest BCUT2D eigenvalue weighted by Gasteiger charge is -2.40. The maximum absolute atomic E-state index is 13.1. The molecule has 3 rings (SSSR count). The Morgan fingerprint density at radius 1 is 1.16 bits per heavy atom. The third kappa shape index (κ3) is 3.17. The molecule has 1 atom stereocenters. The summed E-state index contributed by atoms with van der Waals surface area (Å²) in [5.74, 6) is -0.769. The maximum atomic E-state index is 13.1. The summed E-state index contributed by atoms with van der Waals surface area (Å²) in [6, 6.07) is 5.92. The highest BCUT2D eigenvalue weighted by Gasteiger charge is 2.56. The van der Waals surface area contributed by atoms with Gasteiger partial charge < -0.3 is 10.6 Å². The van der Waals surface area contributed by atoms with Crippen LogP contribution in [-0.2, 0) is 19.4 Å². The van der Waals surface area contributed by atoms with Crippen molar-refractivity contribution in [2.75, 3.05) is 6.54 Å². The zero-order chi connectivity index (χ0) is 18.1. The summed E-state index contributed by atoms with van der Waals surface area (Å²) in [6.07, 6.45) is 3.51. The number of carbonyl (C=O) groups excluding carboxylic acids is 2. The number of hydrogen-bond donors (Lipinski definition) is 2. The molecule has 6 nitrogen and oxygen atoms in total. The van der Waals surface area contributed by atoms with Gasteiger partial charge in [0.1, 0.15) is 6.04 Å². The van der Waals surface area contributed by atoms with E-state index in [0.29, 0.717) is 32.2 Å². The molecule has 1 heterocycles. The van der Waals surface area contributed by atoms with Gasteiger partial charge in [0.15, 0.2) is 14.6 Å². The largest absolute Gasteiger partial charge is 0.354 e. The van der Waals surface area contributed by atoms with Crippen LogP contribution in [0.3, 0.4) is 0 Å². The molecule has 0 aromatic heterocycles. The normalized spacial score (nSPS) is 23.1. The van der Waals surface area contributed by atoms with Gasteiger partial charge in [-0.25, -0.2) is 8.42 Å². The smallest absolute Gasteiger partial charge is 0.242 e. The van der Waals surface area contributed by atoms with E-state index in [1.165, 1.54) is 0 Å². The van der Waals surface area contributed by atoms with Gasteiger partial charge in [-0.05, 0) is 57.6 Å². The summed E-state index contributed by atoms with van der Waals surface area (Å²) in [7, 11) is -3.80. The molecule has 136 valence electrons. The zero-order valence-corrected chi connectivity index (χ0v) is 15.2. The Balaban J connectivity index is 1.85. The van der Waals surface area contributed by atoms with E-state index in [1.54, 1.807) is 24.3 Å². The number of rotatable bonds is 4. The van der Waals surface area contributed by atoms with Gasteiger partial charge in [0.25, 0.3) is 0 Å². The fourth-order valence-corrected chi connectivity index (χ4v) is 5.50. The van der Waals surface area contributed by atoms with E-state index in [9.17, 15) is 18.0 Å². The highest BCUT2D eigenvalue weighted by atomic mass is 32.2. The summed E-state index contributed by atoms with van der Waals surface area (Å²) in [5, 5.41) is 5.47. The first-order valence-electron chi connectivity index (χ1n) is 8.77. The van der Waals surface area contributed by atoms with Crippen LogP contribution >= 0.6 is 0 Å². The monoisotopic (exact) mass is 364 g/mol. The zero-order valence-electron chi connectivity index (χ0n) is 14.4. The van der Waals surface area contributed by atoms with E-state index in [2.05, 4.69) is 10.6 Å². The summed E-state index contributed by atoms with van der Waals surface area (Å²) in [4.78, 5) is 25.1. The third-order valence-electron chi connectivity index (χ3n) is 5.26. The molecule has 2 amide bonds. The highest BCUT2D eigenvalue weighted by Crippen LogP contribution is 2.43. The van der Waals surface area contributed by atoms with Crippen LogP contribution in [0.25, 0.3) is 0 Å². The lowest BCUT2D eigenvalue weighted by atomic mass is 9.83. The predicted molar refractivity (Wildman–Crippen MR) is 93.7 cm³/mol. The van der Waals surface area contributed by atoms with Crippen molar-refractivity contribution in [2.45, 2.75) is 61.1 Å². The number of aryl methyl sites for hydroxylation is 1. The average molecular weight is 364 g/mol. The van der Waals surface area contributed by atoms with E-state index >= 15 is 0 Å². The molecule has 7 heteroatoms. The number of nitrogens with one attached hydrogen (secondary N) is 2. The molecule has 1 aliphatic heterocycles. The molecular formula is C18H24N2O4S. The van der Waals surface area contributed by atoms with Crippen molar-refractivity contribution in [3.8, 4) is 0 Å². The quantitative estimate of drug-likeness (QED) is 0.846. The number of amides is 2. The second kappa shape index (κ2) is 6.78. The summed E-state index contributed by atoms with van der Waals surface area (Å²) < 4.78 is 24.8. The summed E-state index contributed by atoms with van der Waals surface area (Å²) in [6.45, 7) is 2.48. The minimum atomic E-state index is -3.80. The number of hydrogen-bond acceptors (Lipinski definition) is 4. The summed E-state index contributed by atoms with van der Waals surface area (Å²) in [5.41, 5.74) is 0.959. The van der Waals surface area contributed by atoms with Gasteiger partial charge in [0, 0.05) is 6.54 Å².